The molecule has 2 aliphatic rings. The number of amides is 1. The van der Waals surface area contributed by atoms with E-state index in [0.29, 0.717) is 50.4 Å². The van der Waals surface area contributed by atoms with Crippen molar-refractivity contribution in [2.45, 2.75) is 19.8 Å². The molecular weight excluding hydrogens is 404 g/mol. The Hall–Kier alpha value is -3.27. The van der Waals surface area contributed by atoms with Gasteiger partial charge in [0.05, 0.1) is 10.3 Å². The fourth-order valence-electron chi connectivity index (χ4n) is 4.18. The smallest absolute Gasteiger partial charge is 0.292 e. The molecule has 1 fully saturated rings. The monoisotopic (exact) mass is 424 g/mol. The lowest BCUT2D eigenvalue weighted by atomic mass is 10.0. The Balaban J connectivity index is 1.42. The van der Waals surface area contributed by atoms with Gasteiger partial charge >= 0.3 is 0 Å². The Kier molecular flexibility index (Phi) is 4.50. The van der Waals surface area contributed by atoms with Crippen molar-refractivity contribution in [2.24, 2.45) is 0 Å². The maximum Gasteiger partial charge on any atom is 0.292 e. The summed E-state index contributed by atoms with van der Waals surface area (Å²) in [6.45, 7) is 4.70. The fraction of sp³-hybridized carbons (Fsp3) is 0.350. The summed E-state index contributed by atoms with van der Waals surface area (Å²) < 4.78 is 0. The second-order valence-electron chi connectivity index (χ2n) is 7.55. The van der Waals surface area contributed by atoms with E-state index < -0.39 is 0 Å². The summed E-state index contributed by atoms with van der Waals surface area (Å²) in [7, 11) is 0. The fourth-order valence-corrected chi connectivity index (χ4v) is 5.02. The second-order valence-corrected chi connectivity index (χ2v) is 8.79. The van der Waals surface area contributed by atoms with Gasteiger partial charge in [-0.05, 0) is 31.0 Å². The minimum absolute atomic E-state index is 0.0500. The lowest BCUT2D eigenvalue weighted by Crippen LogP contribution is -2.47. The van der Waals surface area contributed by atoms with E-state index in [1.165, 1.54) is 4.88 Å². The van der Waals surface area contributed by atoms with E-state index in [9.17, 15) is 14.9 Å². The molecular formula is C20H20N6O3S. The summed E-state index contributed by atoms with van der Waals surface area (Å²) in [6, 6.07) is 5.47. The molecule has 30 heavy (non-hydrogen) atoms. The number of carbonyl (C=O) groups excluding carboxylic acids is 1. The number of nitrogens with one attached hydrogen (secondary N) is 1. The predicted octanol–water partition coefficient (Wildman–Crippen LogP) is 3.12. The number of piperazine rings is 1. The maximum atomic E-state index is 11.8. The SMILES string of the molecule is Cc1cc2c(N3CCN(c4cc5c(cc4[N+](=O)[O-])CCC(=O)N5)CC3)ncnc2s1. The van der Waals surface area contributed by atoms with Crippen LogP contribution in [0.1, 0.15) is 16.9 Å². The molecule has 0 spiro atoms. The highest BCUT2D eigenvalue weighted by molar-refractivity contribution is 7.18. The van der Waals surface area contributed by atoms with Crippen LogP contribution in [0.5, 0.6) is 0 Å². The molecule has 4 heterocycles. The summed E-state index contributed by atoms with van der Waals surface area (Å²) in [5.74, 6) is 0.863. The number of thiophene rings is 1. The van der Waals surface area contributed by atoms with Crippen molar-refractivity contribution in [3.63, 3.8) is 0 Å². The first kappa shape index (κ1) is 18.7. The molecule has 1 amide bonds. The normalized spacial score (nSPS) is 16.5. The van der Waals surface area contributed by atoms with Gasteiger partial charge in [-0.3, -0.25) is 14.9 Å². The van der Waals surface area contributed by atoms with E-state index in [2.05, 4.69) is 33.2 Å². The number of rotatable bonds is 3. The van der Waals surface area contributed by atoms with Crippen LogP contribution in [0.3, 0.4) is 0 Å². The first-order valence-corrected chi connectivity index (χ1v) is 10.6. The third-order valence-electron chi connectivity index (χ3n) is 5.64. The number of hydrogen-bond acceptors (Lipinski definition) is 8. The molecule has 0 atom stereocenters. The molecule has 154 valence electrons. The molecule has 3 aromatic rings. The minimum atomic E-state index is -0.333. The van der Waals surface area contributed by atoms with Crippen LogP contribution in [0.2, 0.25) is 0 Å². The van der Waals surface area contributed by atoms with Crippen molar-refractivity contribution in [3.05, 3.63) is 45.1 Å². The van der Waals surface area contributed by atoms with Gasteiger partial charge in [-0.15, -0.1) is 11.3 Å². The number of carbonyl (C=O) groups is 1. The lowest BCUT2D eigenvalue weighted by molar-refractivity contribution is -0.384. The van der Waals surface area contributed by atoms with E-state index in [1.807, 2.05) is 4.90 Å². The topological polar surface area (TPSA) is 104 Å². The lowest BCUT2D eigenvalue weighted by Gasteiger charge is -2.37. The van der Waals surface area contributed by atoms with Gasteiger partial charge in [0.25, 0.3) is 5.69 Å². The minimum Gasteiger partial charge on any atom is -0.362 e. The van der Waals surface area contributed by atoms with E-state index in [0.717, 1.165) is 21.6 Å². The molecule has 9 nitrogen and oxygen atoms in total. The largest absolute Gasteiger partial charge is 0.362 e. The predicted molar refractivity (Wildman–Crippen MR) is 117 cm³/mol. The van der Waals surface area contributed by atoms with E-state index in [4.69, 9.17) is 0 Å². The maximum absolute atomic E-state index is 11.8. The number of fused-ring (bicyclic) bond motifs is 2. The number of aryl methyl sites for hydroxylation is 2. The highest BCUT2D eigenvalue weighted by Gasteiger charge is 2.28. The Morgan fingerprint density at radius 1 is 1.10 bits per heavy atom. The van der Waals surface area contributed by atoms with Gasteiger partial charge in [0.1, 0.15) is 22.7 Å². The molecule has 10 heteroatoms. The average Bonchev–Trinajstić information content (AvgIpc) is 3.13. The number of hydrogen-bond donors (Lipinski definition) is 1. The molecule has 1 N–H and O–H groups in total. The van der Waals surface area contributed by atoms with E-state index in [-0.39, 0.29) is 16.5 Å². The van der Waals surface area contributed by atoms with Gasteiger partial charge in [-0.2, -0.15) is 0 Å². The zero-order valence-corrected chi connectivity index (χ0v) is 17.2. The van der Waals surface area contributed by atoms with Gasteiger partial charge in [0, 0.05) is 49.2 Å². The molecule has 1 saturated heterocycles. The van der Waals surface area contributed by atoms with Crippen LogP contribution in [0, 0.1) is 17.0 Å². The van der Waals surface area contributed by atoms with E-state index >= 15 is 0 Å². The molecule has 0 saturated carbocycles. The molecule has 1 aromatic carbocycles. The Morgan fingerprint density at radius 2 is 1.87 bits per heavy atom. The standard InChI is InChI=1S/C20H20N6O3S/c1-12-8-14-19(21-11-22-20(14)30-12)25-6-4-24(5-7-25)16-10-15-13(2-3-18(27)23-15)9-17(16)26(28)29/h8-11H,2-7H2,1H3,(H,23,27). The van der Waals surface area contributed by atoms with Crippen molar-refractivity contribution in [1.82, 2.24) is 9.97 Å². The zero-order chi connectivity index (χ0) is 20.8. The number of benzene rings is 1. The summed E-state index contributed by atoms with van der Waals surface area (Å²) in [5.41, 5.74) is 2.15. The van der Waals surface area contributed by atoms with Crippen LogP contribution < -0.4 is 15.1 Å². The summed E-state index contributed by atoms with van der Waals surface area (Å²) in [4.78, 5) is 38.4. The van der Waals surface area contributed by atoms with Gasteiger partial charge < -0.3 is 15.1 Å². The van der Waals surface area contributed by atoms with Gasteiger partial charge in [-0.25, -0.2) is 9.97 Å². The molecule has 0 radical (unpaired) electrons. The third-order valence-corrected chi connectivity index (χ3v) is 6.60. The van der Waals surface area contributed by atoms with E-state index in [1.54, 1.807) is 29.8 Å². The Bertz CT molecular complexity index is 1170. The quantitative estimate of drug-likeness (QED) is 0.509. The number of nitrogens with zero attached hydrogens (tertiary/aromatic N) is 5. The van der Waals surface area contributed by atoms with Crippen molar-refractivity contribution in [1.29, 1.82) is 0 Å². The van der Waals surface area contributed by atoms with Gasteiger partial charge in [0.2, 0.25) is 5.91 Å². The highest BCUT2D eigenvalue weighted by atomic mass is 32.1. The van der Waals surface area contributed by atoms with Gasteiger partial charge in [0.15, 0.2) is 0 Å². The third kappa shape index (κ3) is 3.22. The Labute approximate surface area is 176 Å². The van der Waals surface area contributed by atoms with Crippen LogP contribution in [0.15, 0.2) is 24.5 Å². The van der Waals surface area contributed by atoms with Crippen LogP contribution >= 0.6 is 11.3 Å². The van der Waals surface area contributed by atoms with Crippen LogP contribution in [-0.4, -0.2) is 47.0 Å². The second kappa shape index (κ2) is 7.21. The molecule has 2 aromatic heterocycles. The summed E-state index contributed by atoms with van der Waals surface area (Å²) in [6.07, 6.45) is 2.48. The van der Waals surface area contributed by atoms with Crippen molar-refractivity contribution >= 4 is 50.3 Å². The average molecular weight is 424 g/mol. The molecule has 0 aliphatic carbocycles. The van der Waals surface area contributed by atoms with Crippen molar-refractivity contribution in [2.75, 3.05) is 41.3 Å². The zero-order valence-electron chi connectivity index (χ0n) is 16.4. The number of anilines is 3. The molecule has 0 unspecified atom stereocenters. The van der Waals surface area contributed by atoms with Crippen molar-refractivity contribution in [3.8, 4) is 0 Å². The molecule has 0 bridgehead atoms. The first-order chi connectivity index (χ1) is 14.5. The molecule has 2 aliphatic heterocycles. The number of nitro groups is 1. The number of nitro benzene ring substituents is 1. The van der Waals surface area contributed by atoms with Crippen LogP contribution in [-0.2, 0) is 11.2 Å². The first-order valence-electron chi connectivity index (χ1n) is 9.82. The summed E-state index contributed by atoms with van der Waals surface area (Å²) in [5, 5.41) is 15.6. The Morgan fingerprint density at radius 3 is 2.63 bits per heavy atom. The van der Waals surface area contributed by atoms with Crippen LogP contribution in [0.25, 0.3) is 10.2 Å². The highest BCUT2D eigenvalue weighted by Crippen LogP contribution is 2.37. The molecule has 5 rings (SSSR count). The van der Waals surface area contributed by atoms with Gasteiger partial charge in [-0.1, -0.05) is 0 Å². The van der Waals surface area contributed by atoms with Crippen molar-refractivity contribution < 1.29 is 9.72 Å². The number of aromatic nitrogens is 2. The summed E-state index contributed by atoms with van der Waals surface area (Å²) >= 11 is 1.65. The van der Waals surface area contributed by atoms with Crippen LogP contribution in [0.4, 0.5) is 22.9 Å².